The van der Waals surface area contributed by atoms with Crippen molar-refractivity contribution in [2.75, 3.05) is 26.0 Å². The lowest BCUT2D eigenvalue weighted by Gasteiger charge is -2.38. The van der Waals surface area contributed by atoms with Gasteiger partial charge in [0.2, 0.25) is 11.8 Å². The minimum Gasteiger partial charge on any atom is -0.484 e. The lowest BCUT2D eigenvalue weighted by atomic mass is 10.2. The van der Waals surface area contributed by atoms with Crippen LogP contribution < -0.4 is 14.5 Å². The Balaban J connectivity index is 1.61. The number of nitrogens with zero attached hydrogens (tertiary/aromatic N) is 3. The van der Waals surface area contributed by atoms with Gasteiger partial charge in [0.15, 0.2) is 15.6 Å². The molecule has 1 aliphatic rings. The summed E-state index contributed by atoms with van der Waals surface area (Å²) < 4.78 is 74.8. The second kappa shape index (κ2) is 12.8. The molecule has 11 nitrogen and oxygen atoms in total. The smallest absolute Gasteiger partial charge is 0.484 e. The van der Waals surface area contributed by atoms with Crippen molar-refractivity contribution >= 4 is 32.6 Å². The van der Waals surface area contributed by atoms with Gasteiger partial charge in [-0.05, 0) is 45.4 Å². The number of hydrogen-bond acceptors (Lipinski definition) is 9. The highest BCUT2D eigenvalue weighted by Crippen LogP contribution is 2.32. The van der Waals surface area contributed by atoms with E-state index < -0.39 is 58.0 Å². The first-order valence-corrected chi connectivity index (χ1v) is 14.3. The number of carbonyl (C=O) groups excluding carboxylic acids is 2. The number of halogens is 5. The lowest BCUT2D eigenvalue weighted by molar-refractivity contribution is -0.325. The van der Waals surface area contributed by atoms with E-state index in [4.69, 9.17) is 30.2 Å². The fourth-order valence-corrected chi connectivity index (χ4v) is 6.22. The second-order valence-corrected chi connectivity index (χ2v) is 12.4. The van der Waals surface area contributed by atoms with Gasteiger partial charge in [-0.25, -0.2) is 9.18 Å². The fourth-order valence-electron chi connectivity index (χ4n) is 3.55. The van der Waals surface area contributed by atoms with Crippen molar-refractivity contribution in [3.63, 3.8) is 0 Å². The zero-order valence-electron chi connectivity index (χ0n) is 21.2. The predicted octanol–water partition coefficient (Wildman–Crippen LogP) is 3.92. The topological polar surface area (TPSA) is 125 Å². The van der Waals surface area contributed by atoms with Gasteiger partial charge < -0.3 is 23.6 Å². The molecule has 1 aromatic carbocycles. The SMILES string of the molecule is CC(C)(C)OC(=O)N1C[Si@@H](NC(=O)COc2ccc(Cl)c(F)c2)CC[C@@H]1c1nnc(OCCOC(F)(F)F)o1. The molecule has 216 valence electrons. The quantitative estimate of drug-likeness (QED) is 0.260. The van der Waals surface area contributed by atoms with Gasteiger partial charge >= 0.3 is 18.5 Å². The molecule has 1 saturated heterocycles. The van der Waals surface area contributed by atoms with E-state index in [9.17, 15) is 27.2 Å². The number of benzene rings is 1. The third kappa shape index (κ3) is 9.85. The standard InChI is InChI=1S/C22H27ClF4N4O7Si/c1-21(2,3)38-20(33)31-12-39(30-17(32)11-35-13-4-5-14(23)15(24)10-13)9-6-16(31)18-28-29-19(37-18)34-7-8-36-22(25,26)27/h4-5,10,16,39H,6-9,11-12H2,1-3H3,(H,30,32)/t16-,39+/m1/s1. The molecule has 0 aliphatic carbocycles. The Labute approximate surface area is 227 Å². The summed E-state index contributed by atoms with van der Waals surface area (Å²) in [6.45, 7) is 3.44. The van der Waals surface area contributed by atoms with Crippen LogP contribution >= 0.6 is 11.6 Å². The van der Waals surface area contributed by atoms with Crippen molar-refractivity contribution in [3.05, 3.63) is 34.9 Å². The van der Waals surface area contributed by atoms with Crippen molar-refractivity contribution < 1.29 is 50.5 Å². The average molecular weight is 599 g/mol. The van der Waals surface area contributed by atoms with Crippen LogP contribution in [0.1, 0.15) is 39.1 Å². The monoisotopic (exact) mass is 598 g/mol. The van der Waals surface area contributed by atoms with Crippen molar-refractivity contribution in [3.8, 4) is 11.8 Å². The lowest BCUT2D eigenvalue weighted by Crippen LogP contribution is -2.55. The van der Waals surface area contributed by atoms with Crippen molar-refractivity contribution in [2.45, 2.75) is 51.2 Å². The molecule has 2 heterocycles. The Kier molecular flexibility index (Phi) is 10.0. The zero-order chi connectivity index (χ0) is 28.8. The third-order valence-electron chi connectivity index (χ3n) is 5.12. The van der Waals surface area contributed by atoms with Crippen LogP contribution in [0.15, 0.2) is 22.6 Å². The van der Waals surface area contributed by atoms with Crippen LogP contribution in [-0.4, -0.2) is 74.0 Å². The molecule has 3 rings (SSSR count). The zero-order valence-corrected chi connectivity index (χ0v) is 23.1. The molecule has 2 amide bonds. The van der Waals surface area contributed by atoms with Gasteiger partial charge in [0.05, 0.1) is 11.6 Å². The largest absolute Gasteiger partial charge is 0.522 e. The summed E-state index contributed by atoms with van der Waals surface area (Å²) >= 11 is 5.64. The Bertz CT molecular complexity index is 1150. The highest BCUT2D eigenvalue weighted by molar-refractivity contribution is 6.59. The molecule has 17 heteroatoms. The third-order valence-corrected chi connectivity index (χ3v) is 8.02. The van der Waals surface area contributed by atoms with Crippen LogP contribution in [0.25, 0.3) is 0 Å². The molecule has 1 aromatic heterocycles. The van der Waals surface area contributed by atoms with Crippen molar-refractivity contribution in [1.82, 2.24) is 20.1 Å². The summed E-state index contributed by atoms with van der Waals surface area (Å²) in [6.07, 6.45) is -5.37. The highest BCUT2D eigenvalue weighted by Gasteiger charge is 2.39. The molecule has 2 aromatic rings. The summed E-state index contributed by atoms with van der Waals surface area (Å²) in [5, 5.41) is 7.46. The summed E-state index contributed by atoms with van der Waals surface area (Å²) in [4.78, 5) is 29.8. The molecular weight excluding hydrogens is 572 g/mol. The minimum atomic E-state index is -4.80. The Morgan fingerprint density at radius 1 is 1.21 bits per heavy atom. The van der Waals surface area contributed by atoms with Gasteiger partial charge in [0, 0.05) is 12.2 Å². The van der Waals surface area contributed by atoms with Crippen LogP contribution in [-0.2, 0) is 14.3 Å². The van der Waals surface area contributed by atoms with E-state index >= 15 is 0 Å². The first-order chi connectivity index (χ1) is 18.2. The molecule has 2 atom stereocenters. The van der Waals surface area contributed by atoms with Crippen molar-refractivity contribution in [2.24, 2.45) is 0 Å². The predicted molar refractivity (Wildman–Crippen MR) is 129 cm³/mol. The van der Waals surface area contributed by atoms with E-state index in [0.29, 0.717) is 12.5 Å². The van der Waals surface area contributed by atoms with Gasteiger partial charge in [-0.3, -0.25) is 14.4 Å². The van der Waals surface area contributed by atoms with Gasteiger partial charge in [-0.2, -0.15) is 0 Å². The van der Waals surface area contributed by atoms with E-state index in [1.165, 1.54) is 17.0 Å². The fraction of sp³-hybridized carbons (Fsp3) is 0.545. The number of nitrogens with one attached hydrogen (secondary N) is 1. The van der Waals surface area contributed by atoms with Gasteiger partial charge in [0.25, 0.3) is 0 Å². The van der Waals surface area contributed by atoms with Crippen LogP contribution in [0.5, 0.6) is 11.8 Å². The maximum Gasteiger partial charge on any atom is 0.522 e. The van der Waals surface area contributed by atoms with Crippen LogP contribution in [0, 0.1) is 5.82 Å². The Morgan fingerprint density at radius 2 is 1.95 bits per heavy atom. The van der Waals surface area contributed by atoms with E-state index in [2.05, 4.69) is 19.9 Å². The van der Waals surface area contributed by atoms with Gasteiger partial charge in [-0.1, -0.05) is 16.7 Å². The summed E-state index contributed by atoms with van der Waals surface area (Å²) in [7, 11) is -2.10. The van der Waals surface area contributed by atoms with E-state index in [0.717, 1.165) is 6.07 Å². The summed E-state index contributed by atoms with van der Waals surface area (Å²) in [5.74, 6) is -0.995. The Morgan fingerprint density at radius 3 is 2.62 bits per heavy atom. The summed E-state index contributed by atoms with van der Waals surface area (Å²) in [5.41, 5.74) is -0.817. The Hall–Kier alpha value is -3.11. The average Bonchev–Trinajstić information content (AvgIpc) is 3.30. The molecule has 0 bridgehead atoms. The molecule has 0 spiro atoms. The minimum absolute atomic E-state index is 0.000487. The maximum absolute atomic E-state index is 13.6. The molecule has 0 unspecified atom stereocenters. The number of hydrogen-bond donors (Lipinski definition) is 1. The van der Waals surface area contributed by atoms with Crippen LogP contribution in [0.3, 0.4) is 0 Å². The van der Waals surface area contributed by atoms with Crippen LogP contribution in [0.2, 0.25) is 11.1 Å². The van der Waals surface area contributed by atoms with Crippen LogP contribution in [0.4, 0.5) is 22.4 Å². The number of alkyl halides is 3. The first-order valence-electron chi connectivity index (χ1n) is 11.7. The number of aromatic nitrogens is 2. The summed E-state index contributed by atoms with van der Waals surface area (Å²) in [6, 6.07) is 3.61. The first kappa shape index (κ1) is 30.4. The molecular formula is C22H27ClF4N4O7Si. The number of rotatable bonds is 9. The molecule has 0 saturated carbocycles. The maximum atomic E-state index is 13.6. The molecule has 1 fully saturated rings. The van der Waals surface area contributed by atoms with E-state index in [1.807, 2.05) is 0 Å². The van der Waals surface area contributed by atoms with E-state index in [1.54, 1.807) is 20.8 Å². The number of carbonyl (C=O) groups is 2. The normalized spacial score (nSPS) is 18.0. The van der Waals surface area contributed by atoms with Crippen molar-refractivity contribution in [1.29, 1.82) is 0 Å². The second-order valence-electron chi connectivity index (χ2n) is 9.40. The molecule has 1 aliphatic heterocycles. The van der Waals surface area contributed by atoms with Gasteiger partial charge in [0.1, 0.15) is 29.8 Å². The molecule has 39 heavy (non-hydrogen) atoms. The number of amides is 2. The van der Waals surface area contributed by atoms with Gasteiger partial charge in [-0.15, -0.1) is 18.3 Å². The van der Waals surface area contributed by atoms with E-state index in [-0.39, 0.29) is 35.5 Å². The number of ether oxygens (including phenoxy) is 4. The highest BCUT2D eigenvalue weighted by atomic mass is 35.5. The molecule has 1 N–H and O–H groups in total. The molecule has 0 radical (unpaired) electrons.